The van der Waals surface area contributed by atoms with E-state index in [0.717, 1.165) is 44.2 Å². The number of fused-ring (bicyclic) bond motifs is 5. The first-order chi connectivity index (χ1) is 13.1. The Labute approximate surface area is 167 Å². The molecule has 5 nitrogen and oxygen atoms in total. The second-order valence-electron chi connectivity index (χ2n) is 9.48. The molecule has 2 N–H and O–H groups in total. The van der Waals surface area contributed by atoms with Crippen molar-refractivity contribution in [2.45, 2.75) is 72.6 Å². The second kappa shape index (κ2) is 7.49. The van der Waals surface area contributed by atoms with Gasteiger partial charge in [-0.1, -0.05) is 30.7 Å². The minimum absolute atomic E-state index is 0.166. The monoisotopic (exact) mass is 387 g/mol. The summed E-state index contributed by atoms with van der Waals surface area (Å²) in [6.45, 7) is 7.83. The van der Waals surface area contributed by atoms with E-state index in [1.165, 1.54) is 30.4 Å². The van der Waals surface area contributed by atoms with Crippen molar-refractivity contribution in [1.29, 1.82) is 0 Å². The molecule has 0 aromatic heterocycles. The smallest absolute Gasteiger partial charge is 0.300 e. The SMILES string of the molecule is CC(=NO)C1=CC[C@H]2[C@@H]3CCC4=CC(=O)CC[C@]4(C)[C@H]3CC[C@]12C.CC(=O)O. The van der Waals surface area contributed by atoms with E-state index in [2.05, 4.69) is 25.1 Å². The summed E-state index contributed by atoms with van der Waals surface area (Å²) in [5.41, 5.74) is 3.91. The lowest BCUT2D eigenvalue weighted by atomic mass is 9.47. The maximum Gasteiger partial charge on any atom is 0.300 e. The number of ketones is 1. The lowest BCUT2D eigenvalue weighted by Crippen LogP contribution is -2.50. The normalized spacial score (nSPS) is 39.5. The molecule has 0 amide bonds. The van der Waals surface area contributed by atoms with Gasteiger partial charge < -0.3 is 10.3 Å². The molecule has 0 aliphatic heterocycles. The van der Waals surface area contributed by atoms with Gasteiger partial charge >= 0.3 is 0 Å². The number of aliphatic carboxylic acids is 1. The van der Waals surface area contributed by atoms with E-state index in [9.17, 15) is 10.0 Å². The first-order valence-corrected chi connectivity index (χ1v) is 10.5. The lowest BCUT2D eigenvalue weighted by Gasteiger charge is -2.57. The first kappa shape index (κ1) is 20.8. The zero-order valence-electron chi connectivity index (χ0n) is 17.5. The van der Waals surface area contributed by atoms with Crippen LogP contribution in [0.2, 0.25) is 0 Å². The van der Waals surface area contributed by atoms with Crippen molar-refractivity contribution in [3.8, 4) is 0 Å². The molecule has 28 heavy (non-hydrogen) atoms. The Morgan fingerprint density at radius 3 is 2.43 bits per heavy atom. The van der Waals surface area contributed by atoms with Crippen molar-refractivity contribution >= 4 is 17.5 Å². The molecule has 4 aliphatic rings. The third kappa shape index (κ3) is 3.33. The van der Waals surface area contributed by atoms with E-state index in [0.29, 0.717) is 17.6 Å². The zero-order valence-corrected chi connectivity index (χ0v) is 17.5. The number of carboxylic acids is 1. The van der Waals surface area contributed by atoms with E-state index in [1.54, 1.807) is 0 Å². The quantitative estimate of drug-likeness (QED) is 0.377. The molecular weight excluding hydrogens is 354 g/mol. The molecular formula is C23H33NO4. The molecule has 2 saturated carbocycles. The highest BCUT2D eigenvalue weighted by molar-refractivity contribution is 5.99. The predicted molar refractivity (Wildman–Crippen MR) is 108 cm³/mol. The third-order valence-electron chi connectivity index (χ3n) is 8.08. The van der Waals surface area contributed by atoms with Crippen molar-refractivity contribution < 1.29 is 19.9 Å². The van der Waals surface area contributed by atoms with Crippen LogP contribution in [0, 0.1) is 28.6 Å². The fourth-order valence-electron chi connectivity index (χ4n) is 6.74. The third-order valence-corrected chi connectivity index (χ3v) is 8.08. The number of carboxylic acid groups (broad SMARTS) is 1. The van der Waals surface area contributed by atoms with Gasteiger partial charge in [0.1, 0.15) is 0 Å². The van der Waals surface area contributed by atoms with Crippen molar-refractivity contribution in [3.63, 3.8) is 0 Å². The van der Waals surface area contributed by atoms with Crippen LogP contribution in [-0.2, 0) is 9.59 Å². The molecule has 4 aliphatic carbocycles. The molecule has 2 fully saturated rings. The van der Waals surface area contributed by atoms with E-state index in [4.69, 9.17) is 9.90 Å². The highest BCUT2D eigenvalue weighted by atomic mass is 16.4. The van der Waals surface area contributed by atoms with Gasteiger partial charge in [0.25, 0.3) is 5.97 Å². The zero-order chi connectivity index (χ0) is 20.7. The molecule has 5 heteroatoms. The topological polar surface area (TPSA) is 87.0 Å². The average molecular weight is 388 g/mol. The summed E-state index contributed by atoms with van der Waals surface area (Å²) in [5, 5.41) is 20.2. The molecule has 0 bridgehead atoms. The van der Waals surface area contributed by atoms with Crippen LogP contribution in [0.3, 0.4) is 0 Å². The molecule has 0 spiro atoms. The fraction of sp³-hybridized carbons (Fsp3) is 0.696. The minimum Gasteiger partial charge on any atom is -0.481 e. The van der Waals surface area contributed by atoms with Crippen molar-refractivity contribution in [1.82, 2.24) is 0 Å². The molecule has 4 rings (SSSR count). The van der Waals surface area contributed by atoms with Crippen LogP contribution in [-0.4, -0.2) is 27.8 Å². The largest absolute Gasteiger partial charge is 0.481 e. The molecule has 0 unspecified atom stereocenters. The Balaban J connectivity index is 0.000000516. The Kier molecular flexibility index (Phi) is 5.57. The van der Waals surface area contributed by atoms with E-state index >= 15 is 0 Å². The Morgan fingerprint density at radius 2 is 1.79 bits per heavy atom. The van der Waals surface area contributed by atoms with Gasteiger partial charge in [-0.3, -0.25) is 9.59 Å². The molecule has 0 heterocycles. The molecule has 0 aromatic carbocycles. The van der Waals surface area contributed by atoms with Crippen molar-refractivity contribution in [3.05, 3.63) is 23.3 Å². The van der Waals surface area contributed by atoms with E-state index < -0.39 is 5.97 Å². The number of allylic oxidation sites excluding steroid dienone is 4. The van der Waals surface area contributed by atoms with Crippen LogP contribution >= 0.6 is 0 Å². The number of rotatable bonds is 1. The van der Waals surface area contributed by atoms with Gasteiger partial charge in [-0.15, -0.1) is 0 Å². The lowest BCUT2D eigenvalue weighted by molar-refractivity contribution is -0.134. The van der Waals surface area contributed by atoms with Crippen molar-refractivity contribution in [2.75, 3.05) is 0 Å². The Morgan fingerprint density at radius 1 is 1.11 bits per heavy atom. The maximum atomic E-state index is 11.9. The summed E-state index contributed by atoms with van der Waals surface area (Å²) in [4.78, 5) is 20.9. The van der Waals surface area contributed by atoms with Gasteiger partial charge in [0.15, 0.2) is 5.78 Å². The van der Waals surface area contributed by atoms with Gasteiger partial charge in [-0.05, 0) is 85.7 Å². The molecule has 0 saturated heterocycles. The van der Waals surface area contributed by atoms with Crippen LogP contribution in [0.5, 0.6) is 0 Å². The van der Waals surface area contributed by atoms with Crippen molar-refractivity contribution in [2.24, 2.45) is 33.7 Å². The Bertz CT molecular complexity index is 761. The minimum atomic E-state index is -0.833. The van der Waals surface area contributed by atoms with Gasteiger partial charge in [-0.2, -0.15) is 0 Å². The van der Waals surface area contributed by atoms with Crippen LogP contribution in [0.4, 0.5) is 0 Å². The van der Waals surface area contributed by atoms with Crippen LogP contribution in [0.25, 0.3) is 0 Å². The standard InChI is InChI=1S/C21H29NO2.C2H4O2/c1-13(22-24)17-6-7-18-16-5-4-14-12-15(23)8-10-20(14,2)19(16)9-11-21(17,18)3;1-2(3)4/h6,12,16,18-19,24H,4-5,7-11H2,1-3H3;1H3,(H,3,4)/t16-,18-,19-,20-,21+;/m0./s1. The highest BCUT2D eigenvalue weighted by Gasteiger charge is 2.57. The van der Waals surface area contributed by atoms with E-state index in [1.807, 2.05) is 13.0 Å². The number of hydrogen-bond donors (Lipinski definition) is 2. The summed E-state index contributed by atoms with van der Waals surface area (Å²) in [7, 11) is 0. The maximum absolute atomic E-state index is 11.9. The second-order valence-corrected chi connectivity index (χ2v) is 9.48. The molecule has 0 aromatic rings. The predicted octanol–water partition coefficient (Wildman–Crippen LogP) is 5.00. The summed E-state index contributed by atoms with van der Waals surface area (Å²) >= 11 is 0. The number of carbonyl (C=O) groups is 2. The summed E-state index contributed by atoms with van der Waals surface area (Å²) in [5.74, 6) is 1.61. The number of carbonyl (C=O) groups excluding carboxylic acids is 1. The molecule has 5 atom stereocenters. The number of nitrogens with zero attached hydrogens (tertiary/aromatic N) is 1. The van der Waals surface area contributed by atoms with Gasteiger partial charge in [0, 0.05) is 13.3 Å². The summed E-state index contributed by atoms with van der Waals surface area (Å²) in [6, 6.07) is 0. The van der Waals surface area contributed by atoms with E-state index in [-0.39, 0.29) is 10.8 Å². The number of oxime groups is 1. The molecule has 0 radical (unpaired) electrons. The summed E-state index contributed by atoms with van der Waals surface area (Å²) in [6.07, 6.45) is 11.9. The number of hydrogen-bond acceptors (Lipinski definition) is 4. The average Bonchev–Trinajstić information content (AvgIpc) is 2.98. The molecule has 154 valence electrons. The van der Waals surface area contributed by atoms with Gasteiger partial charge in [-0.25, -0.2) is 0 Å². The van der Waals surface area contributed by atoms with Crippen LogP contribution in [0.15, 0.2) is 28.5 Å². The van der Waals surface area contributed by atoms with Gasteiger partial charge in [0.2, 0.25) is 0 Å². The van der Waals surface area contributed by atoms with Gasteiger partial charge in [0.05, 0.1) is 5.71 Å². The van der Waals surface area contributed by atoms with Crippen LogP contribution < -0.4 is 0 Å². The Hall–Kier alpha value is -1.91. The van der Waals surface area contributed by atoms with Crippen LogP contribution in [0.1, 0.15) is 72.6 Å². The summed E-state index contributed by atoms with van der Waals surface area (Å²) < 4.78 is 0. The fourth-order valence-corrected chi connectivity index (χ4v) is 6.74. The first-order valence-electron chi connectivity index (χ1n) is 10.5. The highest BCUT2D eigenvalue weighted by Crippen LogP contribution is 2.65.